The second kappa shape index (κ2) is 5.84. The number of aliphatic carboxylic acids is 1. The number of carboxylic acids is 1. The number of carbonyl (C=O) groups excluding carboxylic acids is 1. The lowest BCUT2D eigenvalue weighted by atomic mass is 9.93. The number of pyridine rings is 1. The maximum atomic E-state index is 12.5. The fourth-order valence-electron chi connectivity index (χ4n) is 2.74. The Morgan fingerprint density at radius 2 is 2.18 bits per heavy atom. The first-order valence-corrected chi connectivity index (χ1v) is 7.79. The summed E-state index contributed by atoms with van der Waals surface area (Å²) in [5.74, 6) is -2.05. The summed E-state index contributed by atoms with van der Waals surface area (Å²) in [6, 6.07) is 5.42. The molecule has 2 atom stereocenters. The van der Waals surface area contributed by atoms with Crippen LogP contribution in [0.1, 0.15) is 27.1 Å². The minimum atomic E-state index is -0.902. The van der Waals surface area contributed by atoms with Gasteiger partial charge in [0.1, 0.15) is 5.69 Å². The van der Waals surface area contributed by atoms with Crippen LogP contribution in [0.2, 0.25) is 0 Å². The molecule has 1 fully saturated rings. The lowest BCUT2D eigenvalue weighted by Crippen LogP contribution is -2.30. The Bertz CT molecular complexity index is 701. The fraction of sp³-hybridized carbons (Fsp3) is 0.333. The quantitative estimate of drug-likeness (QED) is 0.933. The molecule has 2 aromatic heterocycles. The summed E-state index contributed by atoms with van der Waals surface area (Å²) in [5.41, 5.74) is 1.09. The molecule has 1 saturated heterocycles. The van der Waals surface area contributed by atoms with E-state index in [1.54, 1.807) is 22.5 Å². The van der Waals surface area contributed by atoms with E-state index in [0.717, 1.165) is 5.01 Å². The second-order valence-corrected chi connectivity index (χ2v) is 6.33. The van der Waals surface area contributed by atoms with Crippen LogP contribution in [0.4, 0.5) is 0 Å². The van der Waals surface area contributed by atoms with E-state index >= 15 is 0 Å². The Hall–Kier alpha value is -2.28. The molecule has 3 rings (SSSR count). The molecule has 1 N–H and O–H groups in total. The van der Waals surface area contributed by atoms with E-state index in [1.807, 2.05) is 19.1 Å². The summed E-state index contributed by atoms with van der Waals surface area (Å²) in [6.07, 6.45) is 1.64. The van der Waals surface area contributed by atoms with Crippen LogP contribution >= 0.6 is 11.3 Å². The van der Waals surface area contributed by atoms with Gasteiger partial charge in [-0.25, -0.2) is 4.98 Å². The average molecular weight is 317 g/mol. The van der Waals surface area contributed by atoms with Gasteiger partial charge in [-0.15, -0.1) is 11.3 Å². The Morgan fingerprint density at radius 1 is 1.36 bits per heavy atom. The number of thiazole rings is 1. The summed E-state index contributed by atoms with van der Waals surface area (Å²) in [6.45, 7) is 2.37. The Kier molecular flexibility index (Phi) is 3.89. The van der Waals surface area contributed by atoms with Gasteiger partial charge in [-0.05, 0) is 19.1 Å². The number of aryl methyl sites for hydroxylation is 1. The summed E-state index contributed by atoms with van der Waals surface area (Å²) >= 11 is 1.41. The van der Waals surface area contributed by atoms with Crippen molar-refractivity contribution in [1.29, 1.82) is 0 Å². The predicted molar refractivity (Wildman–Crippen MR) is 80.9 cm³/mol. The Balaban J connectivity index is 1.84. The van der Waals surface area contributed by atoms with Crippen molar-refractivity contribution in [2.75, 3.05) is 13.1 Å². The number of amides is 1. The SMILES string of the molecule is Cc1nc(C(=O)N2C[C@H](C(=O)O)[C@@H](c3ccccn3)C2)cs1. The second-order valence-electron chi connectivity index (χ2n) is 5.27. The average Bonchev–Trinajstić information content (AvgIpc) is 3.14. The van der Waals surface area contributed by atoms with E-state index in [9.17, 15) is 14.7 Å². The van der Waals surface area contributed by atoms with Crippen LogP contribution in [-0.2, 0) is 4.79 Å². The molecule has 0 unspecified atom stereocenters. The van der Waals surface area contributed by atoms with Crippen molar-refractivity contribution >= 4 is 23.2 Å². The summed E-state index contributed by atoms with van der Waals surface area (Å²) in [7, 11) is 0. The normalized spacial score (nSPS) is 21.0. The molecule has 2 aromatic rings. The van der Waals surface area contributed by atoms with E-state index in [0.29, 0.717) is 17.9 Å². The van der Waals surface area contributed by atoms with Gasteiger partial charge in [0.25, 0.3) is 5.91 Å². The van der Waals surface area contributed by atoms with E-state index < -0.39 is 11.9 Å². The Morgan fingerprint density at radius 3 is 2.77 bits per heavy atom. The van der Waals surface area contributed by atoms with Gasteiger partial charge < -0.3 is 10.0 Å². The maximum Gasteiger partial charge on any atom is 0.309 e. The maximum absolute atomic E-state index is 12.5. The van der Waals surface area contributed by atoms with Crippen molar-refractivity contribution in [1.82, 2.24) is 14.9 Å². The largest absolute Gasteiger partial charge is 0.481 e. The first-order chi connectivity index (χ1) is 10.6. The molecule has 7 heteroatoms. The number of carboxylic acid groups (broad SMARTS) is 1. The molecule has 0 radical (unpaired) electrons. The molecular weight excluding hydrogens is 302 g/mol. The zero-order valence-corrected chi connectivity index (χ0v) is 12.8. The molecule has 1 amide bonds. The van der Waals surface area contributed by atoms with Gasteiger partial charge in [0.2, 0.25) is 0 Å². The van der Waals surface area contributed by atoms with Crippen molar-refractivity contribution in [2.24, 2.45) is 5.92 Å². The van der Waals surface area contributed by atoms with Crippen LogP contribution in [0.15, 0.2) is 29.8 Å². The molecule has 0 bridgehead atoms. The molecule has 1 aliphatic heterocycles. The number of likely N-dealkylation sites (tertiary alicyclic amines) is 1. The molecule has 3 heterocycles. The van der Waals surface area contributed by atoms with Gasteiger partial charge in [-0.2, -0.15) is 0 Å². The first-order valence-electron chi connectivity index (χ1n) is 6.91. The number of carbonyl (C=O) groups is 2. The standard InChI is InChI=1S/C15H15N3O3S/c1-9-17-13(8-22-9)14(19)18-6-10(11(7-18)15(20)21)12-4-2-3-5-16-12/h2-5,8,10-11H,6-7H2,1H3,(H,20,21)/t10-,11-/m0/s1. The third-order valence-electron chi connectivity index (χ3n) is 3.83. The third-order valence-corrected chi connectivity index (χ3v) is 4.60. The van der Waals surface area contributed by atoms with Crippen molar-refractivity contribution in [3.8, 4) is 0 Å². The van der Waals surface area contributed by atoms with Gasteiger partial charge >= 0.3 is 5.97 Å². The summed E-state index contributed by atoms with van der Waals surface area (Å²) in [4.78, 5) is 34.0. The molecule has 114 valence electrons. The predicted octanol–water partition coefficient (Wildman–Crippen LogP) is 1.79. The van der Waals surface area contributed by atoms with E-state index in [1.165, 1.54) is 11.3 Å². The van der Waals surface area contributed by atoms with Gasteiger partial charge in [0, 0.05) is 36.3 Å². The molecule has 1 aliphatic rings. The smallest absolute Gasteiger partial charge is 0.309 e. The van der Waals surface area contributed by atoms with Crippen molar-refractivity contribution in [2.45, 2.75) is 12.8 Å². The van der Waals surface area contributed by atoms with Crippen LogP contribution in [-0.4, -0.2) is 44.9 Å². The van der Waals surface area contributed by atoms with E-state index in [-0.39, 0.29) is 18.4 Å². The highest BCUT2D eigenvalue weighted by molar-refractivity contribution is 7.09. The molecule has 0 spiro atoms. The molecule has 0 aromatic carbocycles. The van der Waals surface area contributed by atoms with Gasteiger partial charge in [-0.3, -0.25) is 14.6 Å². The van der Waals surface area contributed by atoms with Gasteiger partial charge in [-0.1, -0.05) is 6.07 Å². The number of hydrogen-bond donors (Lipinski definition) is 1. The molecule has 0 aliphatic carbocycles. The van der Waals surface area contributed by atoms with Crippen LogP contribution in [0.5, 0.6) is 0 Å². The summed E-state index contributed by atoms with van der Waals surface area (Å²) in [5, 5.41) is 12.0. The highest BCUT2D eigenvalue weighted by Crippen LogP contribution is 2.32. The van der Waals surface area contributed by atoms with Crippen LogP contribution < -0.4 is 0 Å². The number of hydrogen-bond acceptors (Lipinski definition) is 5. The monoisotopic (exact) mass is 317 g/mol. The van der Waals surface area contributed by atoms with Crippen molar-refractivity contribution in [3.63, 3.8) is 0 Å². The lowest BCUT2D eigenvalue weighted by molar-refractivity contribution is -0.141. The van der Waals surface area contributed by atoms with E-state index in [2.05, 4.69) is 9.97 Å². The highest BCUT2D eigenvalue weighted by Gasteiger charge is 2.41. The first kappa shape index (κ1) is 14.6. The zero-order chi connectivity index (χ0) is 15.7. The van der Waals surface area contributed by atoms with Gasteiger partial charge in [0.05, 0.1) is 10.9 Å². The fourth-order valence-corrected chi connectivity index (χ4v) is 3.33. The molecular formula is C15H15N3O3S. The minimum Gasteiger partial charge on any atom is -0.481 e. The summed E-state index contributed by atoms with van der Waals surface area (Å²) < 4.78 is 0. The lowest BCUT2D eigenvalue weighted by Gasteiger charge is -2.14. The van der Waals surface area contributed by atoms with E-state index in [4.69, 9.17) is 0 Å². The topological polar surface area (TPSA) is 83.4 Å². The minimum absolute atomic E-state index is 0.186. The van der Waals surface area contributed by atoms with Crippen LogP contribution in [0, 0.1) is 12.8 Å². The van der Waals surface area contributed by atoms with Crippen LogP contribution in [0.3, 0.4) is 0 Å². The van der Waals surface area contributed by atoms with Crippen LogP contribution in [0.25, 0.3) is 0 Å². The zero-order valence-electron chi connectivity index (χ0n) is 12.0. The van der Waals surface area contributed by atoms with Crippen molar-refractivity contribution < 1.29 is 14.7 Å². The number of aromatic nitrogens is 2. The van der Waals surface area contributed by atoms with Crippen molar-refractivity contribution in [3.05, 3.63) is 46.2 Å². The highest BCUT2D eigenvalue weighted by atomic mass is 32.1. The molecule has 22 heavy (non-hydrogen) atoms. The third kappa shape index (κ3) is 2.71. The Labute approximate surface area is 131 Å². The van der Waals surface area contributed by atoms with Gasteiger partial charge in [0.15, 0.2) is 0 Å². The molecule has 0 saturated carbocycles. The number of rotatable bonds is 3. The molecule has 6 nitrogen and oxygen atoms in total. The number of nitrogens with zero attached hydrogens (tertiary/aromatic N) is 3.